The van der Waals surface area contributed by atoms with Gasteiger partial charge in [0.2, 0.25) is 0 Å². The molecule has 138 valence electrons. The molecule has 0 saturated heterocycles. The molecule has 0 radical (unpaired) electrons. The molecule has 0 spiro atoms. The first kappa shape index (κ1) is 17.4. The minimum Gasteiger partial charge on any atom is -0.385 e. The van der Waals surface area contributed by atoms with Crippen LogP contribution in [-0.2, 0) is 0 Å². The fourth-order valence-corrected chi connectivity index (χ4v) is 3.80. The summed E-state index contributed by atoms with van der Waals surface area (Å²) in [6.07, 6.45) is 2.78. The first-order valence-corrected chi connectivity index (χ1v) is 9.69. The van der Waals surface area contributed by atoms with E-state index in [0.717, 1.165) is 29.3 Å². The lowest BCUT2D eigenvalue weighted by molar-refractivity contribution is 0.719. The Labute approximate surface area is 160 Å². The van der Waals surface area contributed by atoms with Gasteiger partial charge in [0.25, 0.3) is 5.56 Å². The van der Waals surface area contributed by atoms with Crippen molar-refractivity contribution < 1.29 is 0 Å². The first-order chi connectivity index (χ1) is 13.2. The third kappa shape index (κ3) is 4.03. The van der Waals surface area contributed by atoms with Crippen molar-refractivity contribution in [3.8, 4) is 0 Å². The number of nitrogens with one attached hydrogen (secondary N) is 4. The van der Waals surface area contributed by atoms with Gasteiger partial charge in [0.15, 0.2) is 5.13 Å². The van der Waals surface area contributed by atoms with E-state index in [9.17, 15) is 4.79 Å². The average molecular weight is 379 g/mol. The number of hydrogen-bond acceptors (Lipinski definition) is 5. The molecule has 1 unspecified atom stereocenters. The summed E-state index contributed by atoms with van der Waals surface area (Å²) in [4.78, 5) is 17.2. The maximum atomic E-state index is 11.6. The van der Waals surface area contributed by atoms with Gasteiger partial charge >= 0.3 is 0 Å². The summed E-state index contributed by atoms with van der Waals surface area (Å²) in [6.45, 7) is 2.85. The van der Waals surface area contributed by atoms with E-state index in [0.29, 0.717) is 5.39 Å². The van der Waals surface area contributed by atoms with E-state index in [-0.39, 0.29) is 11.6 Å². The van der Waals surface area contributed by atoms with Crippen molar-refractivity contribution in [2.75, 3.05) is 17.2 Å². The molecule has 2 aromatic carbocycles. The second kappa shape index (κ2) is 7.67. The van der Waals surface area contributed by atoms with Crippen LogP contribution >= 0.6 is 11.3 Å². The minimum atomic E-state index is -0.0939. The van der Waals surface area contributed by atoms with Gasteiger partial charge < -0.3 is 10.6 Å². The van der Waals surface area contributed by atoms with Gasteiger partial charge in [0.05, 0.1) is 16.9 Å². The molecular formula is C20H21N5OS. The second-order valence-corrected chi connectivity index (χ2v) is 7.67. The number of aryl methyl sites for hydroxylation is 1. The number of hydrogen-bond donors (Lipinski definition) is 4. The largest absolute Gasteiger partial charge is 0.385 e. The highest BCUT2D eigenvalue weighted by molar-refractivity contribution is 7.15. The smallest absolute Gasteiger partial charge is 0.271 e. The monoisotopic (exact) mass is 379 g/mol. The van der Waals surface area contributed by atoms with Gasteiger partial charge in [-0.2, -0.15) is 0 Å². The first-order valence-electron chi connectivity index (χ1n) is 8.87. The Morgan fingerprint density at radius 1 is 1.15 bits per heavy atom. The highest BCUT2D eigenvalue weighted by Gasteiger charge is 2.13. The van der Waals surface area contributed by atoms with Gasteiger partial charge in [0, 0.05) is 23.3 Å². The van der Waals surface area contributed by atoms with Crippen LogP contribution in [0.5, 0.6) is 0 Å². The van der Waals surface area contributed by atoms with Crippen molar-refractivity contribution in [2.24, 2.45) is 0 Å². The normalized spacial score (nSPS) is 12.2. The van der Waals surface area contributed by atoms with Gasteiger partial charge in [-0.15, -0.1) is 11.3 Å². The van der Waals surface area contributed by atoms with Crippen molar-refractivity contribution in [3.63, 3.8) is 0 Å². The Balaban J connectivity index is 1.45. The van der Waals surface area contributed by atoms with Crippen molar-refractivity contribution >= 4 is 33.1 Å². The molecule has 7 heteroatoms. The number of thiazole rings is 1. The molecule has 0 fully saturated rings. The third-order valence-corrected chi connectivity index (χ3v) is 5.30. The standard InChI is InChI=1S/C20H21N5OS/c1-13-12-22-20(27-13)23-17(14-5-3-2-4-6-14)9-10-21-15-7-8-16-18(11-15)24-25-19(16)26/h2-8,11-12,17,21H,9-10H2,1H3,(H,22,23)(H2,24,25,26). The topological polar surface area (TPSA) is 85.6 Å². The average Bonchev–Trinajstić information content (AvgIpc) is 3.27. The van der Waals surface area contributed by atoms with E-state index in [1.807, 2.05) is 30.5 Å². The van der Waals surface area contributed by atoms with Crippen molar-refractivity contribution in [1.29, 1.82) is 0 Å². The maximum Gasteiger partial charge on any atom is 0.271 e. The highest BCUT2D eigenvalue weighted by Crippen LogP contribution is 2.26. The molecule has 1 atom stereocenters. The Morgan fingerprint density at radius 2 is 2.00 bits per heavy atom. The van der Waals surface area contributed by atoms with E-state index in [1.54, 1.807) is 11.3 Å². The predicted molar refractivity (Wildman–Crippen MR) is 112 cm³/mol. The lowest BCUT2D eigenvalue weighted by Crippen LogP contribution is -2.15. The van der Waals surface area contributed by atoms with Crippen LogP contribution in [0, 0.1) is 6.92 Å². The Morgan fingerprint density at radius 3 is 2.78 bits per heavy atom. The summed E-state index contributed by atoms with van der Waals surface area (Å²) < 4.78 is 0. The zero-order valence-electron chi connectivity index (χ0n) is 15.0. The number of aromatic nitrogens is 3. The molecule has 0 bridgehead atoms. The number of aromatic amines is 2. The van der Waals surface area contributed by atoms with Crippen molar-refractivity contribution in [1.82, 2.24) is 15.2 Å². The third-order valence-electron chi connectivity index (χ3n) is 4.46. The fourth-order valence-electron chi connectivity index (χ4n) is 3.09. The molecule has 4 aromatic rings. The van der Waals surface area contributed by atoms with Crippen LogP contribution < -0.4 is 16.2 Å². The van der Waals surface area contributed by atoms with E-state index < -0.39 is 0 Å². The Kier molecular flexibility index (Phi) is 4.93. The van der Waals surface area contributed by atoms with Crippen molar-refractivity contribution in [2.45, 2.75) is 19.4 Å². The van der Waals surface area contributed by atoms with Crippen LogP contribution in [-0.4, -0.2) is 21.7 Å². The SMILES string of the molecule is Cc1cnc(NC(CCNc2ccc3c(=O)[nH][nH]c3c2)c2ccccc2)s1. The summed E-state index contributed by atoms with van der Waals surface area (Å²) >= 11 is 1.66. The molecule has 0 aliphatic heterocycles. The predicted octanol–water partition coefficient (Wildman–Crippen LogP) is 4.28. The van der Waals surface area contributed by atoms with E-state index in [1.165, 1.54) is 10.4 Å². The molecule has 0 amide bonds. The zero-order chi connectivity index (χ0) is 18.6. The number of benzene rings is 2. The number of H-pyrrole nitrogens is 2. The Bertz CT molecular complexity index is 1080. The van der Waals surface area contributed by atoms with Crippen LogP contribution in [0.25, 0.3) is 10.9 Å². The van der Waals surface area contributed by atoms with Crippen LogP contribution in [0.3, 0.4) is 0 Å². The van der Waals surface area contributed by atoms with Crippen LogP contribution in [0.2, 0.25) is 0 Å². The quantitative estimate of drug-likeness (QED) is 0.386. The molecule has 4 rings (SSSR count). The zero-order valence-corrected chi connectivity index (χ0v) is 15.8. The fraction of sp³-hybridized carbons (Fsp3) is 0.200. The molecular weight excluding hydrogens is 358 g/mol. The van der Waals surface area contributed by atoms with Gasteiger partial charge in [-0.1, -0.05) is 30.3 Å². The maximum absolute atomic E-state index is 11.6. The summed E-state index contributed by atoms with van der Waals surface area (Å²) in [5.74, 6) is 0. The van der Waals surface area contributed by atoms with Crippen LogP contribution in [0.15, 0.2) is 59.5 Å². The number of nitrogens with zero attached hydrogens (tertiary/aromatic N) is 1. The van der Waals surface area contributed by atoms with E-state index in [2.05, 4.69) is 57.0 Å². The molecule has 0 aliphatic rings. The molecule has 6 nitrogen and oxygen atoms in total. The van der Waals surface area contributed by atoms with Gasteiger partial charge in [-0.3, -0.25) is 15.0 Å². The molecule has 2 heterocycles. The Hall–Kier alpha value is -3.06. The summed E-state index contributed by atoms with van der Waals surface area (Å²) in [6, 6.07) is 16.3. The van der Waals surface area contributed by atoms with Gasteiger partial charge in [0.1, 0.15) is 0 Å². The summed E-state index contributed by atoms with van der Waals surface area (Å²) in [5.41, 5.74) is 2.93. The molecule has 4 N–H and O–H groups in total. The molecule has 0 aliphatic carbocycles. The van der Waals surface area contributed by atoms with Crippen molar-refractivity contribution in [3.05, 3.63) is 75.5 Å². The van der Waals surface area contributed by atoms with Gasteiger partial charge in [-0.05, 0) is 37.1 Å². The molecule has 2 aromatic heterocycles. The van der Waals surface area contributed by atoms with E-state index >= 15 is 0 Å². The second-order valence-electron chi connectivity index (χ2n) is 6.44. The number of rotatable bonds is 7. The van der Waals surface area contributed by atoms with Gasteiger partial charge in [-0.25, -0.2) is 4.98 Å². The number of fused-ring (bicyclic) bond motifs is 1. The lowest BCUT2D eigenvalue weighted by atomic mass is 10.0. The van der Waals surface area contributed by atoms with Crippen LogP contribution in [0.1, 0.15) is 22.9 Å². The molecule has 0 saturated carbocycles. The minimum absolute atomic E-state index is 0.0939. The summed E-state index contributed by atoms with van der Waals surface area (Å²) in [7, 11) is 0. The van der Waals surface area contributed by atoms with Crippen LogP contribution in [0.4, 0.5) is 10.8 Å². The lowest BCUT2D eigenvalue weighted by Gasteiger charge is -2.19. The number of anilines is 2. The highest BCUT2D eigenvalue weighted by atomic mass is 32.1. The molecule has 27 heavy (non-hydrogen) atoms. The van der Waals surface area contributed by atoms with E-state index in [4.69, 9.17) is 0 Å². The summed E-state index contributed by atoms with van der Waals surface area (Å²) in [5, 5.41) is 14.1.